The number of benzene rings is 5. The third-order valence-corrected chi connectivity index (χ3v) is 6.61. The summed E-state index contributed by atoms with van der Waals surface area (Å²) in [6.45, 7) is 0. The molecular formula is C30H18. The van der Waals surface area contributed by atoms with Crippen LogP contribution in [0.1, 0.15) is 0 Å². The summed E-state index contributed by atoms with van der Waals surface area (Å²) in [6, 6.07) is 39.8. The Morgan fingerprint density at radius 2 is 0.567 bits per heavy atom. The summed E-state index contributed by atoms with van der Waals surface area (Å²) in [7, 11) is 0. The normalized spacial score (nSPS) is 12.0. The van der Waals surface area contributed by atoms with Crippen molar-refractivity contribution in [3.8, 4) is 66.8 Å². The highest BCUT2D eigenvalue weighted by Gasteiger charge is 2.26. The first-order valence-corrected chi connectivity index (χ1v) is 10.5. The molecule has 0 atom stereocenters. The van der Waals surface area contributed by atoms with Gasteiger partial charge in [-0.25, -0.2) is 0 Å². The first-order chi connectivity index (χ1) is 14.9. The molecule has 5 aromatic rings. The highest BCUT2D eigenvalue weighted by Crippen LogP contribution is 2.53. The Bertz CT molecular complexity index is 1350. The molecule has 2 aliphatic carbocycles. The first-order valence-electron chi connectivity index (χ1n) is 10.5. The van der Waals surface area contributed by atoms with E-state index >= 15 is 0 Å². The molecule has 0 saturated heterocycles. The van der Waals surface area contributed by atoms with Gasteiger partial charge in [0, 0.05) is 0 Å². The smallest absolute Gasteiger partial charge is 0.00204 e. The van der Waals surface area contributed by atoms with Crippen LogP contribution in [0.15, 0.2) is 109 Å². The number of hydrogen-bond donors (Lipinski definition) is 0. The molecule has 0 bridgehead atoms. The van der Waals surface area contributed by atoms with Crippen LogP contribution >= 0.6 is 0 Å². The zero-order valence-corrected chi connectivity index (χ0v) is 16.4. The predicted octanol–water partition coefficient (Wildman–Crippen LogP) is 8.32. The molecule has 0 aliphatic heterocycles. The monoisotopic (exact) mass is 378 g/mol. The molecule has 0 unspecified atom stereocenters. The van der Waals surface area contributed by atoms with Crippen molar-refractivity contribution < 1.29 is 0 Å². The van der Waals surface area contributed by atoms with Crippen molar-refractivity contribution in [3.05, 3.63) is 109 Å². The van der Waals surface area contributed by atoms with Crippen LogP contribution in [-0.4, -0.2) is 0 Å². The SMILES string of the molecule is c1ccc2c(c1)-c1cccc(-c3ccc(-c4cccc5c4-c4ccccc4-5)cc3)c1-2. The molecule has 30 heavy (non-hydrogen) atoms. The molecule has 0 fully saturated rings. The molecule has 0 heterocycles. The lowest BCUT2D eigenvalue weighted by atomic mass is 9.76. The third kappa shape index (κ3) is 2.00. The minimum Gasteiger partial charge on any atom is -0.0616 e. The second-order valence-corrected chi connectivity index (χ2v) is 8.12. The van der Waals surface area contributed by atoms with Gasteiger partial charge in [0.15, 0.2) is 0 Å². The van der Waals surface area contributed by atoms with Crippen LogP contribution in [0.3, 0.4) is 0 Å². The molecule has 0 heteroatoms. The lowest BCUT2D eigenvalue weighted by Gasteiger charge is -2.27. The minimum atomic E-state index is 1.28. The van der Waals surface area contributed by atoms with Gasteiger partial charge in [-0.1, -0.05) is 109 Å². The Balaban J connectivity index is 1.31. The quantitative estimate of drug-likeness (QED) is 0.284. The molecule has 0 amide bonds. The maximum Gasteiger partial charge on any atom is -0.00204 e. The topological polar surface area (TPSA) is 0 Å². The Kier molecular flexibility index (Phi) is 3.09. The summed E-state index contributed by atoms with van der Waals surface area (Å²) < 4.78 is 0. The fourth-order valence-electron chi connectivity index (χ4n) is 5.19. The fourth-order valence-corrected chi connectivity index (χ4v) is 5.19. The van der Waals surface area contributed by atoms with Gasteiger partial charge in [-0.05, 0) is 66.8 Å². The van der Waals surface area contributed by atoms with E-state index in [4.69, 9.17) is 0 Å². The van der Waals surface area contributed by atoms with Crippen LogP contribution in [0.25, 0.3) is 66.8 Å². The van der Waals surface area contributed by atoms with E-state index < -0.39 is 0 Å². The molecule has 0 N–H and O–H groups in total. The maximum absolute atomic E-state index is 2.27. The molecule has 2 aliphatic rings. The predicted molar refractivity (Wildman–Crippen MR) is 126 cm³/mol. The Labute approximate surface area is 176 Å². The molecule has 0 saturated carbocycles. The van der Waals surface area contributed by atoms with E-state index in [0.29, 0.717) is 0 Å². The van der Waals surface area contributed by atoms with Gasteiger partial charge in [-0.15, -0.1) is 0 Å². The summed E-state index contributed by atoms with van der Waals surface area (Å²) in [4.78, 5) is 0. The minimum absolute atomic E-state index is 1.28. The van der Waals surface area contributed by atoms with E-state index in [2.05, 4.69) is 109 Å². The van der Waals surface area contributed by atoms with Crippen LogP contribution in [0.5, 0.6) is 0 Å². The second kappa shape index (κ2) is 5.81. The van der Waals surface area contributed by atoms with E-state index in [1.165, 1.54) is 66.8 Å². The van der Waals surface area contributed by atoms with E-state index in [-0.39, 0.29) is 0 Å². The van der Waals surface area contributed by atoms with Crippen LogP contribution < -0.4 is 0 Å². The van der Waals surface area contributed by atoms with E-state index in [1.54, 1.807) is 0 Å². The Morgan fingerprint density at radius 1 is 0.233 bits per heavy atom. The van der Waals surface area contributed by atoms with Crippen molar-refractivity contribution in [2.24, 2.45) is 0 Å². The highest BCUT2D eigenvalue weighted by molar-refractivity contribution is 6.10. The first kappa shape index (κ1) is 16.0. The molecular weight excluding hydrogens is 360 g/mol. The average Bonchev–Trinajstić information content (AvgIpc) is 2.80. The molecule has 0 aromatic heterocycles. The lowest BCUT2D eigenvalue weighted by molar-refractivity contribution is 1.49. The van der Waals surface area contributed by atoms with Gasteiger partial charge < -0.3 is 0 Å². The van der Waals surface area contributed by atoms with Crippen LogP contribution in [0, 0.1) is 0 Å². The van der Waals surface area contributed by atoms with Crippen molar-refractivity contribution in [3.63, 3.8) is 0 Å². The fraction of sp³-hybridized carbons (Fsp3) is 0. The summed E-state index contributed by atoms with van der Waals surface area (Å²) in [5, 5.41) is 0. The summed E-state index contributed by atoms with van der Waals surface area (Å²) in [5.41, 5.74) is 16.2. The molecule has 0 nitrogen and oxygen atoms in total. The molecule has 0 spiro atoms. The standard InChI is InChI=1S/C30H18/c1-3-9-25-23(7-1)27-13-5-11-21(29(25)27)19-15-17-20(18-16-19)22-12-6-14-28-24-8-2-4-10-26(24)30(22)28/h1-18H. The maximum atomic E-state index is 2.27. The molecule has 138 valence electrons. The van der Waals surface area contributed by atoms with Crippen molar-refractivity contribution in [1.29, 1.82) is 0 Å². The Hall–Kier alpha value is -3.90. The summed E-state index contributed by atoms with van der Waals surface area (Å²) >= 11 is 0. The van der Waals surface area contributed by atoms with Crippen molar-refractivity contribution in [2.75, 3.05) is 0 Å². The molecule has 0 radical (unpaired) electrons. The van der Waals surface area contributed by atoms with Gasteiger partial charge in [0.25, 0.3) is 0 Å². The van der Waals surface area contributed by atoms with Crippen LogP contribution in [0.4, 0.5) is 0 Å². The van der Waals surface area contributed by atoms with E-state index in [9.17, 15) is 0 Å². The summed E-state index contributed by atoms with van der Waals surface area (Å²) in [5.74, 6) is 0. The van der Waals surface area contributed by atoms with Crippen molar-refractivity contribution in [1.82, 2.24) is 0 Å². The highest BCUT2D eigenvalue weighted by atomic mass is 14.3. The van der Waals surface area contributed by atoms with Gasteiger partial charge in [-0.2, -0.15) is 0 Å². The van der Waals surface area contributed by atoms with E-state index in [0.717, 1.165) is 0 Å². The van der Waals surface area contributed by atoms with Gasteiger partial charge in [-0.3, -0.25) is 0 Å². The van der Waals surface area contributed by atoms with Crippen molar-refractivity contribution >= 4 is 0 Å². The van der Waals surface area contributed by atoms with Crippen LogP contribution in [0.2, 0.25) is 0 Å². The van der Waals surface area contributed by atoms with Gasteiger partial charge >= 0.3 is 0 Å². The van der Waals surface area contributed by atoms with Gasteiger partial charge in [0.05, 0.1) is 0 Å². The largest absolute Gasteiger partial charge is 0.0616 e. The molecule has 5 aromatic carbocycles. The number of fused-ring (bicyclic) bond motifs is 8. The lowest BCUT2D eigenvalue weighted by Crippen LogP contribution is -2.01. The molecule has 7 rings (SSSR count). The van der Waals surface area contributed by atoms with E-state index in [1.807, 2.05) is 0 Å². The number of rotatable bonds is 2. The van der Waals surface area contributed by atoms with Crippen LogP contribution in [-0.2, 0) is 0 Å². The summed E-state index contributed by atoms with van der Waals surface area (Å²) in [6.07, 6.45) is 0. The van der Waals surface area contributed by atoms with Crippen molar-refractivity contribution in [2.45, 2.75) is 0 Å². The zero-order valence-electron chi connectivity index (χ0n) is 16.4. The zero-order chi connectivity index (χ0) is 19.7. The third-order valence-electron chi connectivity index (χ3n) is 6.61. The Morgan fingerprint density at radius 3 is 1.00 bits per heavy atom. The number of hydrogen-bond acceptors (Lipinski definition) is 0. The van der Waals surface area contributed by atoms with Gasteiger partial charge in [0.2, 0.25) is 0 Å². The second-order valence-electron chi connectivity index (χ2n) is 8.12. The van der Waals surface area contributed by atoms with Gasteiger partial charge in [0.1, 0.15) is 0 Å². The average molecular weight is 378 g/mol.